The summed E-state index contributed by atoms with van der Waals surface area (Å²) in [7, 11) is 0. The molecule has 0 aromatic heterocycles. The van der Waals surface area contributed by atoms with Crippen LogP contribution in [0.15, 0.2) is 24.8 Å². The lowest BCUT2D eigenvalue weighted by Gasteiger charge is -2.27. The number of carbonyl (C=O) groups excluding carboxylic acids is 3. The van der Waals surface area contributed by atoms with Crippen LogP contribution in [-0.4, -0.2) is 54.8 Å². The lowest BCUT2D eigenvalue weighted by molar-refractivity contribution is -0.162. The van der Waals surface area contributed by atoms with Crippen LogP contribution < -0.4 is 0 Å². The Labute approximate surface area is 151 Å². The van der Waals surface area contributed by atoms with Crippen LogP contribution in [0.25, 0.3) is 0 Å². The van der Waals surface area contributed by atoms with Crippen molar-refractivity contribution >= 4 is 29.5 Å². The van der Waals surface area contributed by atoms with Gasteiger partial charge in [0.05, 0.1) is 17.7 Å². The highest BCUT2D eigenvalue weighted by molar-refractivity contribution is 6.18. The van der Waals surface area contributed by atoms with E-state index in [2.05, 4.69) is 6.58 Å². The smallest absolute Gasteiger partial charge is 0.330 e. The SMILES string of the molecule is C=CC(=O)OCCOC(=O)C1CC(C)C=CC1C(=O)OCC(O)CCl. The van der Waals surface area contributed by atoms with Crippen molar-refractivity contribution in [1.29, 1.82) is 0 Å². The molecule has 0 aromatic rings. The third kappa shape index (κ3) is 7.27. The molecule has 1 aliphatic rings. The molecule has 8 heteroatoms. The molecule has 0 bridgehead atoms. The second-order valence-electron chi connectivity index (χ2n) is 5.71. The molecule has 0 spiro atoms. The minimum atomic E-state index is -0.956. The summed E-state index contributed by atoms with van der Waals surface area (Å²) in [5.41, 5.74) is 0. The summed E-state index contributed by atoms with van der Waals surface area (Å²) in [5, 5.41) is 9.36. The quantitative estimate of drug-likeness (QED) is 0.162. The maximum Gasteiger partial charge on any atom is 0.330 e. The Morgan fingerprint density at radius 2 is 1.92 bits per heavy atom. The number of halogens is 1. The number of aliphatic hydroxyl groups excluding tert-OH is 1. The van der Waals surface area contributed by atoms with Gasteiger partial charge in [0.2, 0.25) is 0 Å². The first-order valence-electron chi connectivity index (χ1n) is 7.93. The summed E-state index contributed by atoms with van der Waals surface area (Å²) in [6.07, 6.45) is 3.94. The fourth-order valence-corrected chi connectivity index (χ4v) is 2.41. The van der Waals surface area contributed by atoms with Gasteiger partial charge in [-0.15, -0.1) is 11.6 Å². The molecule has 0 saturated carbocycles. The summed E-state index contributed by atoms with van der Waals surface area (Å²) < 4.78 is 14.8. The standard InChI is InChI=1S/C17H23ClO7/c1-3-15(20)23-6-7-24-17(22)14-8-11(2)4-5-13(14)16(21)25-10-12(19)9-18/h3-5,11-14,19H,1,6-10H2,2H3. The van der Waals surface area contributed by atoms with Gasteiger partial charge in [0.25, 0.3) is 0 Å². The second-order valence-corrected chi connectivity index (χ2v) is 6.02. The number of ether oxygens (including phenoxy) is 3. The molecule has 140 valence electrons. The van der Waals surface area contributed by atoms with E-state index in [4.69, 9.17) is 25.8 Å². The zero-order valence-corrected chi connectivity index (χ0v) is 14.8. The van der Waals surface area contributed by atoms with Crippen LogP contribution in [0.4, 0.5) is 0 Å². The molecule has 0 aromatic carbocycles. The van der Waals surface area contributed by atoms with E-state index in [0.29, 0.717) is 6.42 Å². The molecule has 7 nitrogen and oxygen atoms in total. The molecule has 1 aliphatic carbocycles. The van der Waals surface area contributed by atoms with Crippen molar-refractivity contribution in [3.63, 3.8) is 0 Å². The molecule has 0 fully saturated rings. The Kier molecular flexibility index (Phi) is 9.23. The minimum absolute atomic E-state index is 0.0558. The number of carbonyl (C=O) groups is 3. The first kappa shape index (κ1) is 21.2. The van der Waals surface area contributed by atoms with E-state index in [1.54, 1.807) is 6.08 Å². The van der Waals surface area contributed by atoms with Crippen molar-refractivity contribution in [3.8, 4) is 0 Å². The van der Waals surface area contributed by atoms with Crippen molar-refractivity contribution in [3.05, 3.63) is 24.8 Å². The van der Waals surface area contributed by atoms with E-state index >= 15 is 0 Å². The molecule has 0 saturated heterocycles. The van der Waals surface area contributed by atoms with E-state index in [0.717, 1.165) is 6.08 Å². The molecule has 4 unspecified atom stereocenters. The highest BCUT2D eigenvalue weighted by atomic mass is 35.5. The van der Waals surface area contributed by atoms with Crippen LogP contribution in [0.5, 0.6) is 0 Å². The van der Waals surface area contributed by atoms with Crippen LogP contribution in [0.1, 0.15) is 13.3 Å². The van der Waals surface area contributed by atoms with Gasteiger partial charge in [-0.1, -0.05) is 25.7 Å². The zero-order valence-electron chi connectivity index (χ0n) is 14.1. The van der Waals surface area contributed by atoms with Gasteiger partial charge in [-0.2, -0.15) is 0 Å². The summed E-state index contributed by atoms with van der Waals surface area (Å²) in [6.45, 7) is 4.73. The van der Waals surface area contributed by atoms with E-state index < -0.39 is 35.8 Å². The normalized spacial score (nSPS) is 23.4. The third-order valence-electron chi connectivity index (χ3n) is 3.62. The number of rotatable bonds is 9. The molecule has 25 heavy (non-hydrogen) atoms. The Balaban J connectivity index is 2.58. The van der Waals surface area contributed by atoms with Crippen molar-refractivity contribution < 1.29 is 33.7 Å². The first-order chi connectivity index (χ1) is 11.9. The Morgan fingerprint density at radius 3 is 2.56 bits per heavy atom. The average Bonchev–Trinajstić information content (AvgIpc) is 2.62. The van der Waals surface area contributed by atoms with E-state index in [-0.39, 0.29) is 31.6 Å². The molecule has 1 N–H and O–H groups in total. The fraction of sp³-hybridized carbons (Fsp3) is 0.588. The molecule has 4 atom stereocenters. The van der Waals surface area contributed by atoms with Crippen LogP contribution in [0, 0.1) is 17.8 Å². The molecule has 0 amide bonds. The number of alkyl halides is 1. The van der Waals surface area contributed by atoms with Gasteiger partial charge in [-0.3, -0.25) is 9.59 Å². The van der Waals surface area contributed by atoms with Gasteiger partial charge in [0, 0.05) is 6.08 Å². The molecule has 0 heterocycles. The zero-order chi connectivity index (χ0) is 18.8. The number of hydrogen-bond donors (Lipinski definition) is 1. The van der Waals surface area contributed by atoms with Crippen molar-refractivity contribution in [2.45, 2.75) is 19.4 Å². The van der Waals surface area contributed by atoms with Crippen LogP contribution in [-0.2, 0) is 28.6 Å². The third-order valence-corrected chi connectivity index (χ3v) is 3.97. The molecule has 0 aliphatic heterocycles. The van der Waals surface area contributed by atoms with Crippen LogP contribution >= 0.6 is 11.6 Å². The van der Waals surface area contributed by atoms with Gasteiger partial charge in [0.1, 0.15) is 25.9 Å². The van der Waals surface area contributed by atoms with Crippen LogP contribution in [0.2, 0.25) is 0 Å². The van der Waals surface area contributed by atoms with E-state index in [1.165, 1.54) is 0 Å². The lowest BCUT2D eigenvalue weighted by Crippen LogP contribution is -2.36. The lowest BCUT2D eigenvalue weighted by atomic mass is 9.79. The van der Waals surface area contributed by atoms with Gasteiger partial charge in [0.15, 0.2) is 0 Å². The molecule has 0 radical (unpaired) electrons. The van der Waals surface area contributed by atoms with Gasteiger partial charge in [-0.05, 0) is 12.3 Å². The van der Waals surface area contributed by atoms with Gasteiger partial charge < -0.3 is 19.3 Å². The highest BCUT2D eigenvalue weighted by Crippen LogP contribution is 2.30. The average molecular weight is 375 g/mol. The summed E-state index contributed by atoms with van der Waals surface area (Å²) in [5.74, 6) is -3.23. The summed E-state index contributed by atoms with van der Waals surface area (Å²) in [4.78, 5) is 35.4. The van der Waals surface area contributed by atoms with Crippen molar-refractivity contribution in [2.75, 3.05) is 25.7 Å². The van der Waals surface area contributed by atoms with Crippen molar-refractivity contribution in [1.82, 2.24) is 0 Å². The number of aliphatic hydroxyl groups is 1. The Morgan fingerprint density at radius 1 is 1.24 bits per heavy atom. The Bertz CT molecular complexity index is 517. The first-order valence-corrected chi connectivity index (χ1v) is 8.47. The monoisotopic (exact) mass is 374 g/mol. The van der Waals surface area contributed by atoms with Crippen molar-refractivity contribution in [2.24, 2.45) is 17.8 Å². The number of allylic oxidation sites excluding steroid dienone is 1. The van der Waals surface area contributed by atoms with Crippen LogP contribution in [0.3, 0.4) is 0 Å². The summed E-state index contributed by atoms with van der Waals surface area (Å²) >= 11 is 5.45. The molecular weight excluding hydrogens is 352 g/mol. The Hall–Kier alpha value is -1.86. The molecule has 1 rings (SSSR count). The number of hydrogen-bond acceptors (Lipinski definition) is 7. The largest absolute Gasteiger partial charge is 0.462 e. The molecular formula is C17H23ClO7. The fourth-order valence-electron chi connectivity index (χ4n) is 2.32. The summed E-state index contributed by atoms with van der Waals surface area (Å²) in [6, 6.07) is 0. The van der Waals surface area contributed by atoms with Gasteiger partial charge >= 0.3 is 17.9 Å². The number of esters is 3. The topological polar surface area (TPSA) is 99.1 Å². The van der Waals surface area contributed by atoms with E-state index in [9.17, 15) is 19.5 Å². The minimum Gasteiger partial charge on any atom is -0.462 e. The van der Waals surface area contributed by atoms with Gasteiger partial charge in [-0.25, -0.2) is 4.79 Å². The predicted octanol–water partition coefficient (Wildman–Crippen LogP) is 1.23. The second kappa shape index (κ2) is 10.9. The van der Waals surface area contributed by atoms with E-state index in [1.807, 2.05) is 13.0 Å². The maximum atomic E-state index is 12.3. The maximum absolute atomic E-state index is 12.3. The predicted molar refractivity (Wildman–Crippen MR) is 89.7 cm³/mol. The highest BCUT2D eigenvalue weighted by Gasteiger charge is 2.37.